The van der Waals surface area contributed by atoms with Crippen LogP contribution >= 0.6 is 23.2 Å². The van der Waals surface area contributed by atoms with Crippen molar-refractivity contribution in [3.8, 4) is 5.75 Å². The zero-order chi connectivity index (χ0) is 17.8. The number of para-hydroxylation sites is 1. The number of aryl methyl sites for hydroxylation is 1. The van der Waals surface area contributed by atoms with Gasteiger partial charge in [0.1, 0.15) is 23.8 Å². The highest BCUT2D eigenvalue weighted by Crippen LogP contribution is 2.33. The molecule has 1 aromatic carbocycles. The number of allylic oxidation sites excluding steroid dienone is 1. The molecule has 3 rings (SSSR count). The normalized spacial score (nSPS) is 11.2. The zero-order valence-corrected chi connectivity index (χ0v) is 14.8. The van der Waals surface area contributed by atoms with Gasteiger partial charge in [0, 0.05) is 13.2 Å². The zero-order valence-electron chi connectivity index (χ0n) is 13.3. The Bertz CT molecular complexity index is 908. The summed E-state index contributed by atoms with van der Waals surface area (Å²) in [6.07, 6.45) is 4.61. The number of rotatable bonds is 6. The first-order valence-electron chi connectivity index (χ1n) is 7.40. The fourth-order valence-corrected chi connectivity index (χ4v) is 2.69. The average molecular weight is 377 g/mol. The second kappa shape index (κ2) is 7.59. The lowest BCUT2D eigenvalue weighted by Gasteiger charge is -2.07. The van der Waals surface area contributed by atoms with Crippen molar-refractivity contribution in [2.45, 2.75) is 6.61 Å². The Morgan fingerprint density at radius 2 is 2.00 bits per heavy atom. The van der Waals surface area contributed by atoms with E-state index in [2.05, 4.69) is 5.10 Å². The van der Waals surface area contributed by atoms with E-state index >= 15 is 0 Å². The first kappa shape index (κ1) is 17.3. The molecule has 0 aliphatic rings. The molecule has 2 heterocycles. The van der Waals surface area contributed by atoms with Crippen LogP contribution in [-0.2, 0) is 13.7 Å². The molecule has 128 valence electrons. The molecule has 0 radical (unpaired) electrons. The van der Waals surface area contributed by atoms with Crippen molar-refractivity contribution in [2.24, 2.45) is 7.05 Å². The topological polar surface area (TPSA) is 57.3 Å². The molecule has 0 N–H and O–H groups in total. The minimum atomic E-state index is -0.156. The van der Waals surface area contributed by atoms with Gasteiger partial charge in [0.05, 0.1) is 10.0 Å². The Hall–Kier alpha value is -2.50. The van der Waals surface area contributed by atoms with Gasteiger partial charge in [-0.15, -0.1) is 0 Å². The number of nitrogens with zero attached hydrogens (tertiary/aromatic N) is 2. The summed E-state index contributed by atoms with van der Waals surface area (Å²) in [5.74, 6) is 1.38. The first-order valence-corrected chi connectivity index (χ1v) is 8.16. The Balaban J connectivity index is 1.64. The van der Waals surface area contributed by atoms with Crippen LogP contribution < -0.4 is 4.74 Å². The average Bonchev–Trinajstić information content (AvgIpc) is 3.21. The van der Waals surface area contributed by atoms with Crippen LogP contribution in [0.4, 0.5) is 0 Å². The predicted octanol–water partition coefficient (Wildman–Crippen LogP) is 4.80. The lowest BCUT2D eigenvalue weighted by atomic mass is 10.2. The Labute approximate surface area is 154 Å². The van der Waals surface area contributed by atoms with Crippen LogP contribution in [-0.4, -0.2) is 15.6 Å². The summed E-state index contributed by atoms with van der Waals surface area (Å²) < 4.78 is 12.7. The molecule has 7 heteroatoms. The van der Waals surface area contributed by atoms with Gasteiger partial charge >= 0.3 is 0 Å². The number of furan rings is 1. The maximum absolute atomic E-state index is 12.0. The number of hydrogen-bond donors (Lipinski definition) is 0. The van der Waals surface area contributed by atoms with Crippen molar-refractivity contribution in [1.29, 1.82) is 0 Å². The molecule has 5 nitrogen and oxygen atoms in total. The molecule has 0 atom stereocenters. The third-order valence-electron chi connectivity index (χ3n) is 3.43. The Morgan fingerprint density at radius 1 is 1.24 bits per heavy atom. The number of ether oxygens (including phenoxy) is 1. The minimum absolute atomic E-state index is 0.156. The number of benzene rings is 1. The third kappa shape index (κ3) is 4.13. The number of carbonyl (C=O) groups excluding carboxylic acids is 1. The lowest BCUT2D eigenvalue weighted by molar-refractivity contribution is 0.103. The molecule has 0 unspecified atom stereocenters. The van der Waals surface area contributed by atoms with Crippen LogP contribution in [0.3, 0.4) is 0 Å². The molecule has 0 bridgehead atoms. The quantitative estimate of drug-likeness (QED) is 0.458. The highest BCUT2D eigenvalue weighted by Gasteiger charge is 2.09. The molecule has 0 saturated heterocycles. The van der Waals surface area contributed by atoms with Gasteiger partial charge in [0.15, 0.2) is 5.75 Å². The molecule has 25 heavy (non-hydrogen) atoms. The van der Waals surface area contributed by atoms with Crippen LogP contribution in [0.1, 0.15) is 22.0 Å². The van der Waals surface area contributed by atoms with Crippen molar-refractivity contribution in [1.82, 2.24) is 9.78 Å². The molecule has 0 saturated carbocycles. The highest BCUT2D eigenvalue weighted by atomic mass is 35.5. The van der Waals surface area contributed by atoms with Crippen LogP contribution in [0.5, 0.6) is 5.75 Å². The van der Waals surface area contributed by atoms with Crippen molar-refractivity contribution in [2.75, 3.05) is 0 Å². The third-order valence-corrected chi connectivity index (χ3v) is 4.03. The van der Waals surface area contributed by atoms with Gasteiger partial charge in [-0.1, -0.05) is 29.3 Å². The van der Waals surface area contributed by atoms with E-state index in [4.69, 9.17) is 32.4 Å². The monoisotopic (exact) mass is 376 g/mol. The van der Waals surface area contributed by atoms with E-state index in [1.54, 1.807) is 55.7 Å². The largest absolute Gasteiger partial charge is 0.483 e. The molecule has 0 spiro atoms. The number of halogens is 2. The molecule has 0 aliphatic heterocycles. The standard InChI is InChI=1S/C18H14Cl2N2O3/c1-22-16(9-10-21-22)17(23)8-7-12-5-6-13(25-12)11-24-18-14(19)3-2-4-15(18)20/h2-10H,11H2,1H3. The predicted molar refractivity (Wildman–Crippen MR) is 96.1 cm³/mol. The summed E-state index contributed by atoms with van der Waals surface area (Å²) in [6.45, 7) is 0.174. The number of ketones is 1. The van der Waals surface area contributed by atoms with Crippen LogP contribution in [0, 0.1) is 0 Å². The van der Waals surface area contributed by atoms with Gasteiger partial charge in [-0.25, -0.2) is 0 Å². The van der Waals surface area contributed by atoms with Gasteiger partial charge in [-0.05, 0) is 42.5 Å². The second-order valence-corrected chi connectivity index (χ2v) is 6.00. The maximum atomic E-state index is 12.0. The van der Waals surface area contributed by atoms with E-state index in [1.807, 2.05) is 0 Å². The summed E-state index contributed by atoms with van der Waals surface area (Å²) in [5, 5.41) is 4.83. The summed E-state index contributed by atoms with van der Waals surface area (Å²) in [6, 6.07) is 10.3. The Morgan fingerprint density at radius 3 is 2.68 bits per heavy atom. The van der Waals surface area contributed by atoms with E-state index in [1.165, 1.54) is 10.8 Å². The summed E-state index contributed by atoms with van der Waals surface area (Å²) in [4.78, 5) is 12.0. The van der Waals surface area contributed by atoms with E-state index in [-0.39, 0.29) is 12.4 Å². The van der Waals surface area contributed by atoms with Crippen LogP contribution in [0.15, 0.2) is 53.1 Å². The molecule has 0 fully saturated rings. The molecular weight excluding hydrogens is 363 g/mol. The van der Waals surface area contributed by atoms with Gasteiger partial charge in [-0.3, -0.25) is 9.48 Å². The van der Waals surface area contributed by atoms with E-state index in [9.17, 15) is 4.79 Å². The van der Waals surface area contributed by atoms with Gasteiger partial charge in [0.25, 0.3) is 0 Å². The first-order chi connectivity index (χ1) is 12.0. The van der Waals surface area contributed by atoms with Crippen molar-refractivity contribution < 1.29 is 13.9 Å². The van der Waals surface area contributed by atoms with Gasteiger partial charge in [-0.2, -0.15) is 5.10 Å². The van der Waals surface area contributed by atoms with Crippen molar-refractivity contribution >= 4 is 35.1 Å². The van der Waals surface area contributed by atoms with Crippen molar-refractivity contribution in [3.63, 3.8) is 0 Å². The summed E-state index contributed by atoms with van der Waals surface area (Å²) in [7, 11) is 1.71. The SMILES string of the molecule is Cn1nccc1C(=O)C=Cc1ccc(COc2c(Cl)cccc2Cl)o1. The minimum Gasteiger partial charge on any atom is -0.483 e. The number of hydrogen-bond acceptors (Lipinski definition) is 4. The molecule has 0 aliphatic carbocycles. The lowest BCUT2D eigenvalue weighted by Crippen LogP contribution is -2.03. The second-order valence-electron chi connectivity index (χ2n) is 5.18. The molecule has 2 aromatic heterocycles. The Kier molecular flexibility index (Phi) is 5.26. The van der Waals surface area contributed by atoms with Gasteiger partial charge in [0.2, 0.25) is 5.78 Å². The van der Waals surface area contributed by atoms with Crippen molar-refractivity contribution in [3.05, 3.63) is 75.9 Å². The molecular formula is C18H14Cl2N2O3. The number of aromatic nitrogens is 2. The molecule has 0 amide bonds. The molecule has 3 aromatic rings. The van der Waals surface area contributed by atoms with E-state index in [0.717, 1.165) is 0 Å². The summed E-state index contributed by atoms with van der Waals surface area (Å²) in [5.41, 5.74) is 0.500. The number of carbonyl (C=O) groups is 1. The fourth-order valence-electron chi connectivity index (χ4n) is 2.18. The highest BCUT2D eigenvalue weighted by molar-refractivity contribution is 6.37. The van der Waals surface area contributed by atoms with E-state index < -0.39 is 0 Å². The van der Waals surface area contributed by atoms with Gasteiger partial charge < -0.3 is 9.15 Å². The summed E-state index contributed by atoms with van der Waals surface area (Å²) >= 11 is 12.1. The smallest absolute Gasteiger partial charge is 0.203 e. The van der Waals surface area contributed by atoms with Crippen LogP contribution in [0.25, 0.3) is 6.08 Å². The fraction of sp³-hybridized carbons (Fsp3) is 0.111. The maximum Gasteiger partial charge on any atom is 0.203 e. The van der Waals surface area contributed by atoms with Crippen LogP contribution in [0.2, 0.25) is 10.0 Å². The van der Waals surface area contributed by atoms with E-state index in [0.29, 0.717) is 33.0 Å².